The van der Waals surface area contributed by atoms with Gasteiger partial charge in [-0.3, -0.25) is 14.7 Å². The number of carbonyl (C=O) groups excluding carboxylic acids is 1. The standard InChI is InChI=1S/C25H29N5OS/c1-18-6-7-22-21(14-18)25(30-10-12-32-13-11-30)28-23(27-22)17-29-9-3-5-20(16-29)24(31)19-4-2-8-26-15-19/h2,4,6-8,14-15,20H,3,5,9-13,16-17H2,1H3/t20-/m0/s1. The summed E-state index contributed by atoms with van der Waals surface area (Å²) in [5.74, 6) is 4.39. The summed E-state index contributed by atoms with van der Waals surface area (Å²) in [4.78, 5) is 31.8. The van der Waals surface area contributed by atoms with Crippen molar-refractivity contribution < 1.29 is 4.79 Å². The highest BCUT2D eigenvalue weighted by Gasteiger charge is 2.27. The van der Waals surface area contributed by atoms with E-state index in [1.807, 2.05) is 23.9 Å². The Morgan fingerprint density at radius 1 is 1.16 bits per heavy atom. The number of hydrogen-bond donors (Lipinski definition) is 0. The number of anilines is 1. The molecule has 2 aliphatic heterocycles. The fraction of sp³-hybridized carbons (Fsp3) is 0.440. The zero-order valence-electron chi connectivity index (χ0n) is 18.5. The molecule has 0 radical (unpaired) electrons. The summed E-state index contributed by atoms with van der Waals surface area (Å²) >= 11 is 2.01. The number of likely N-dealkylation sites (tertiary alicyclic amines) is 1. The van der Waals surface area contributed by atoms with Gasteiger partial charge >= 0.3 is 0 Å². The van der Waals surface area contributed by atoms with Crippen LogP contribution in [0, 0.1) is 12.8 Å². The normalized spacial score (nSPS) is 19.9. The molecule has 7 heteroatoms. The Bertz CT molecular complexity index is 1100. The predicted molar refractivity (Wildman–Crippen MR) is 130 cm³/mol. The zero-order valence-corrected chi connectivity index (χ0v) is 19.4. The molecule has 0 amide bonds. The van der Waals surface area contributed by atoms with Gasteiger partial charge in [0.2, 0.25) is 0 Å². The molecular formula is C25H29N5OS. The highest BCUT2D eigenvalue weighted by Crippen LogP contribution is 2.28. The number of thioether (sulfide) groups is 1. The number of carbonyl (C=O) groups is 1. The maximum Gasteiger partial charge on any atom is 0.168 e. The number of Topliss-reactive ketones (excluding diaryl/α,β-unsaturated/α-hetero) is 1. The number of benzene rings is 1. The number of piperidine rings is 1. The van der Waals surface area contributed by atoms with Crippen LogP contribution in [0.2, 0.25) is 0 Å². The minimum Gasteiger partial charge on any atom is -0.354 e. The SMILES string of the molecule is Cc1ccc2nc(CN3CCC[C@H](C(=O)c4cccnc4)C3)nc(N3CCSCC3)c2c1. The topological polar surface area (TPSA) is 62.2 Å². The number of aromatic nitrogens is 3. The molecule has 0 bridgehead atoms. The first-order valence-electron chi connectivity index (χ1n) is 11.4. The Labute approximate surface area is 193 Å². The largest absolute Gasteiger partial charge is 0.354 e. The molecule has 6 nitrogen and oxygen atoms in total. The molecule has 5 rings (SSSR count). The van der Waals surface area contributed by atoms with E-state index in [-0.39, 0.29) is 11.7 Å². The van der Waals surface area contributed by atoms with Crippen molar-refractivity contribution >= 4 is 34.3 Å². The van der Waals surface area contributed by atoms with Crippen LogP contribution in [0.5, 0.6) is 0 Å². The van der Waals surface area contributed by atoms with Crippen molar-refractivity contribution in [2.75, 3.05) is 42.6 Å². The van der Waals surface area contributed by atoms with Crippen LogP contribution in [0.15, 0.2) is 42.7 Å². The van der Waals surface area contributed by atoms with Crippen molar-refractivity contribution in [2.45, 2.75) is 26.3 Å². The molecule has 1 atom stereocenters. The van der Waals surface area contributed by atoms with Crippen LogP contribution in [0.3, 0.4) is 0 Å². The molecular weight excluding hydrogens is 418 g/mol. The molecule has 0 saturated carbocycles. The predicted octanol–water partition coefficient (Wildman–Crippen LogP) is 3.98. The fourth-order valence-corrected chi connectivity index (χ4v) is 5.62. The molecule has 1 aromatic carbocycles. The Kier molecular flexibility index (Phi) is 6.37. The third-order valence-electron chi connectivity index (χ3n) is 6.38. The summed E-state index contributed by atoms with van der Waals surface area (Å²) in [7, 11) is 0. The number of aryl methyl sites for hydroxylation is 1. The minimum atomic E-state index is 0.00893. The molecule has 2 fully saturated rings. The smallest absolute Gasteiger partial charge is 0.168 e. The van der Waals surface area contributed by atoms with Gasteiger partial charge in [0.05, 0.1) is 12.1 Å². The average molecular weight is 448 g/mol. The van der Waals surface area contributed by atoms with Crippen molar-refractivity contribution in [3.63, 3.8) is 0 Å². The van der Waals surface area contributed by atoms with E-state index in [1.54, 1.807) is 12.4 Å². The van der Waals surface area contributed by atoms with E-state index in [2.05, 4.69) is 39.9 Å². The first-order valence-corrected chi connectivity index (χ1v) is 12.6. The second-order valence-corrected chi connectivity index (χ2v) is 9.99. The van der Waals surface area contributed by atoms with E-state index in [0.717, 1.165) is 73.1 Å². The summed E-state index contributed by atoms with van der Waals surface area (Å²) in [6, 6.07) is 10.1. The van der Waals surface area contributed by atoms with Gasteiger partial charge in [-0.05, 0) is 50.6 Å². The van der Waals surface area contributed by atoms with Crippen LogP contribution in [-0.2, 0) is 6.54 Å². The van der Waals surface area contributed by atoms with Gasteiger partial charge in [0.1, 0.15) is 11.6 Å². The number of fused-ring (bicyclic) bond motifs is 1. The molecule has 2 aliphatic rings. The van der Waals surface area contributed by atoms with Gasteiger partial charge in [-0.2, -0.15) is 11.8 Å². The monoisotopic (exact) mass is 447 g/mol. The molecule has 0 aliphatic carbocycles. The van der Waals surface area contributed by atoms with E-state index in [0.29, 0.717) is 12.1 Å². The van der Waals surface area contributed by atoms with E-state index in [9.17, 15) is 4.79 Å². The van der Waals surface area contributed by atoms with E-state index in [1.165, 1.54) is 5.56 Å². The molecule has 166 valence electrons. The molecule has 0 unspecified atom stereocenters. The molecule has 32 heavy (non-hydrogen) atoms. The molecule has 4 heterocycles. The van der Waals surface area contributed by atoms with Crippen molar-refractivity contribution in [3.8, 4) is 0 Å². The lowest BCUT2D eigenvalue weighted by Gasteiger charge is -2.32. The number of nitrogens with zero attached hydrogens (tertiary/aromatic N) is 5. The molecule has 0 N–H and O–H groups in total. The minimum absolute atomic E-state index is 0.00893. The quantitative estimate of drug-likeness (QED) is 0.548. The lowest BCUT2D eigenvalue weighted by Crippen LogP contribution is -2.39. The summed E-state index contributed by atoms with van der Waals surface area (Å²) in [6.45, 7) is 6.57. The second-order valence-electron chi connectivity index (χ2n) is 8.76. The highest BCUT2D eigenvalue weighted by molar-refractivity contribution is 7.99. The average Bonchev–Trinajstić information content (AvgIpc) is 2.84. The first-order chi connectivity index (χ1) is 15.7. The van der Waals surface area contributed by atoms with Crippen molar-refractivity contribution in [3.05, 3.63) is 59.7 Å². The Hall–Kier alpha value is -2.51. The maximum absolute atomic E-state index is 13.0. The van der Waals surface area contributed by atoms with Crippen LogP contribution >= 0.6 is 11.8 Å². The van der Waals surface area contributed by atoms with Crippen LogP contribution in [0.1, 0.15) is 34.6 Å². The summed E-state index contributed by atoms with van der Waals surface area (Å²) in [5, 5.41) is 1.14. The van der Waals surface area contributed by atoms with E-state index in [4.69, 9.17) is 9.97 Å². The summed E-state index contributed by atoms with van der Waals surface area (Å²) in [6.07, 6.45) is 5.33. The number of ketones is 1. The third kappa shape index (κ3) is 4.64. The molecule has 2 aromatic heterocycles. The lowest BCUT2D eigenvalue weighted by atomic mass is 9.90. The molecule has 3 aromatic rings. The Morgan fingerprint density at radius 3 is 2.84 bits per heavy atom. The molecule has 2 saturated heterocycles. The fourth-order valence-electron chi connectivity index (χ4n) is 4.72. The second kappa shape index (κ2) is 9.55. The van der Waals surface area contributed by atoms with Crippen molar-refractivity contribution in [1.82, 2.24) is 19.9 Å². The van der Waals surface area contributed by atoms with Gasteiger partial charge in [0.25, 0.3) is 0 Å². The van der Waals surface area contributed by atoms with Crippen molar-refractivity contribution in [1.29, 1.82) is 0 Å². The van der Waals surface area contributed by atoms with Gasteiger partial charge in [-0.1, -0.05) is 11.6 Å². The van der Waals surface area contributed by atoms with E-state index >= 15 is 0 Å². The number of pyridine rings is 1. The van der Waals surface area contributed by atoms with Crippen LogP contribution in [0.25, 0.3) is 10.9 Å². The zero-order chi connectivity index (χ0) is 21.9. The van der Waals surface area contributed by atoms with Crippen molar-refractivity contribution in [2.24, 2.45) is 5.92 Å². The summed E-state index contributed by atoms with van der Waals surface area (Å²) in [5.41, 5.74) is 2.95. The number of hydrogen-bond acceptors (Lipinski definition) is 7. The molecule has 0 spiro atoms. The lowest BCUT2D eigenvalue weighted by molar-refractivity contribution is 0.0808. The van der Waals surface area contributed by atoms with E-state index < -0.39 is 0 Å². The Morgan fingerprint density at radius 2 is 2.03 bits per heavy atom. The first kappa shape index (κ1) is 21.3. The van der Waals surface area contributed by atoms with Gasteiger partial charge in [-0.15, -0.1) is 0 Å². The highest BCUT2D eigenvalue weighted by atomic mass is 32.2. The van der Waals surface area contributed by atoms with Crippen LogP contribution in [-0.4, -0.2) is 63.3 Å². The van der Waals surface area contributed by atoms with Gasteiger partial charge in [0, 0.05) is 60.4 Å². The number of rotatable bonds is 5. The summed E-state index contributed by atoms with van der Waals surface area (Å²) < 4.78 is 0. The maximum atomic E-state index is 13.0. The van der Waals surface area contributed by atoms with Gasteiger partial charge in [0.15, 0.2) is 5.78 Å². The van der Waals surface area contributed by atoms with Crippen LogP contribution < -0.4 is 4.90 Å². The van der Waals surface area contributed by atoms with Gasteiger partial charge in [-0.25, -0.2) is 9.97 Å². The Balaban J connectivity index is 1.38. The van der Waals surface area contributed by atoms with Crippen LogP contribution in [0.4, 0.5) is 5.82 Å². The van der Waals surface area contributed by atoms with Gasteiger partial charge < -0.3 is 4.90 Å². The third-order valence-corrected chi connectivity index (χ3v) is 7.32.